The van der Waals surface area contributed by atoms with Crippen molar-refractivity contribution < 1.29 is 9.18 Å². The summed E-state index contributed by atoms with van der Waals surface area (Å²) < 4.78 is 13.8. The van der Waals surface area contributed by atoms with E-state index in [1.54, 1.807) is 18.2 Å². The third-order valence-electron chi connectivity index (χ3n) is 2.39. The number of hydrogen-bond acceptors (Lipinski definition) is 1. The minimum absolute atomic E-state index is 0.216. The molecule has 1 N–H and O–H groups in total. The molecule has 0 unspecified atom stereocenters. The van der Waals surface area contributed by atoms with E-state index in [9.17, 15) is 9.18 Å². The fourth-order valence-electron chi connectivity index (χ4n) is 1.50. The summed E-state index contributed by atoms with van der Waals surface area (Å²) in [6.45, 7) is 0. The zero-order valence-electron chi connectivity index (χ0n) is 9.94. The molecular formula is C15H11FINO. The number of amides is 1. The van der Waals surface area contributed by atoms with Crippen molar-refractivity contribution in [2.45, 2.75) is 0 Å². The second-order valence-electron chi connectivity index (χ2n) is 3.88. The van der Waals surface area contributed by atoms with E-state index in [1.807, 2.05) is 24.3 Å². The first kappa shape index (κ1) is 13.7. The lowest BCUT2D eigenvalue weighted by molar-refractivity contribution is -0.111. The summed E-state index contributed by atoms with van der Waals surface area (Å²) in [5.41, 5.74) is 1.53. The van der Waals surface area contributed by atoms with Crippen LogP contribution < -0.4 is 5.32 Å². The lowest BCUT2D eigenvalue weighted by atomic mass is 10.2. The summed E-state index contributed by atoms with van der Waals surface area (Å²) in [6, 6.07) is 13.5. The van der Waals surface area contributed by atoms with E-state index in [1.165, 1.54) is 18.2 Å². The van der Waals surface area contributed by atoms with Crippen molar-refractivity contribution in [3.8, 4) is 0 Å². The van der Waals surface area contributed by atoms with Crippen LogP contribution in [0.5, 0.6) is 0 Å². The lowest BCUT2D eigenvalue weighted by Gasteiger charge is -2.02. The number of rotatable bonds is 3. The molecule has 0 aliphatic heterocycles. The van der Waals surface area contributed by atoms with Gasteiger partial charge in [0.05, 0.1) is 0 Å². The molecule has 0 bridgehead atoms. The topological polar surface area (TPSA) is 29.1 Å². The second kappa shape index (κ2) is 6.47. The van der Waals surface area contributed by atoms with Crippen LogP contribution in [-0.2, 0) is 4.79 Å². The lowest BCUT2D eigenvalue weighted by Crippen LogP contribution is -2.07. The van der Waals surface area contributed by atoms with Crippen molar-refractivity contribution in [2.24, 2.45) is 0 Å². The Bertz CT molecular complexity index is 608. The highest BCUT2D eigenvalue weighted by atomic mass is 127. The van der Waals surface area contributed by atoms with Gasteiger partial charge in [0, 0.05) is 15.3 Å². The molecule has 0 spiro atoms. The van der Waals surface area contributed by atoms with E-state index >= 15 is 0 Å². The molecule has 0 saturated carbocycles. The zero-order valence-corrected chi connectivity index (χ0v) is 12.1. The van der Waals surface area contributed by atoms with Gasteiger partial charge >= 0.3 is 0 Å². The highest BCUT2D eigenvalue weighted by Gasteiger charge is 1.98. The molecule has 0 radical (unpaired) electrons. The predicted molar refractivity (Wildman–Crippen MR) is 83.2 cm³/mol. The molecular weight excluding hydrogens is 356 g/mol. The first-order valence-corrected chi connectivity index (χ1v) is 6.71. The average molecular weight is 367 g/mol. The van der Waals surface area contributed by atoms with Crippen LogP contribution in [0.2, 0.25) is 0 Å². The molecule has 0 heterocycles. The van der Waals surface area contributed by atoms with E-state index in [-0.39, 0.29) is 11.7 Å². The van der Waals surface area contributed by atoms with Crippen molar-refractivity contribution in [1.82, 2.24) is 0 Å². The number of hydrogen-bond donors (Lipinski definition) is 1. The minimum atomic E-state index is -0.291. The van der Waals surface area contributed by atoms with Crippen molar-refractivity contribution in [1.29, 1.82) is 0 Å². The van der Waals surface area contributed by atoms with E-state index in [0.29, 0.717) is 0 Å². The Morgan fingerprint density at radius 3 is 2.58 bits per heavy atom. The van der Waals surface area contributed by atoms with Gasteiger partial charge < -0.3 is 5.32 Å². The molecule has 2 nitrogen and oxygen atoms in total. The van der Waals surface area contributed by atoms with Crippen molar-refractivity contribution in [3.05, 3.63) is 69.6 Å². The van der Waals surface area contributed by atoms with Gasteiger partial charge in [-0.2, -0.15) is 0 Å². The molecule has 0 aromatic heterocycles. The molecule has 0 fully saturated rings. The zero-order chi connectivity index (χ0) is 13.7. The Balaban J connectivity index is 1.99. The molecule has 19 heavy (non-hydrogen) atoms. The van der Waals surface area contributed by atoms with Crippen molar-refractivity contribution in [2.75, 3.05) is 5.32 Å². The number of anilines is 1. The van der Waals surface area contributed by atoms with Crippen LogP contribution in [-0.4, -0.2) is 5.91 Å². The van der Waals surface area contributed by atoms with Crippen LogP contribution in [0, 0.1) is 9.39 Å². The Morgan fingerprint density at radius 2 is 1.89 bits per heavy atom. The number of carbonyl (C=O) groups excluding carboxylic acids is 1. The summed E-state index contributed by atoms with van der Waals surface area (Å²) in [5, 5.41) is 2.76. The normalized spacial score (nSPS) is 10.6. The van der Waals surface area contributed by atoms with Gasteiger partial charge in [-0.3, -0.25) is 4.79 Å². The van der Waals surface area contributed by atoms with Crippen LogP contribution >= 0.6 is 22.6 Å². The second-order valence-corrected chi connectivity index (χ2v) is 5.13. The van der Waals surface area contributed by atoms with Crippen molar-refractivity contribution in [3.63, 3.8) is 0 Å². The number of carbonyl (C=O) groups is 1. The van der Waals surface area contributed by atoms with E-state index in [2.05, 4.69) is 27.9 Å². The predicted octanol–water partition coefficient (Wildman–Crippen LogP) is 4.08. The molecule has 0 atom stereocenters. The molecule has 96 valence electrons. The highest BCUT2D eigenvalue weighted by molar-refractivity contribution is 14.1. The fraction of sp³-hybridized carbons (Fsp3) is 0. The monoisotopic (exact) mass is 367 g/mol. The highest BCUT2D eigenvalue weighted by Crippen LogP contribution is 2.12. The van der Waals surface area contributed by atoms with Crippen LogP contribution in [0.4, 0.5) is 10.1 Å². The van der Waals surface area contributed by atoms with Gasteiger partial charge in [-0.25, -0.2) is 4.39 Å². The van der Waals surface area contributed by atoms with E-state index < -0.39 is 0 Å². The quantitative estimate of drug-likeness (QED) is 0.643. The third kappa shape index (κ3) is 4.48. The van der Waals surface area contributed by atoms with Crippen LogP contribution in [0.25, 0.3) is 6.08 Å². The average Bonchev–Trinajstić information content (AvgIpc) is 2.38. The standard InChI is InChI=1S/C15H11FINO/c16-12-7-4-11(5-8-12)6-9-15(19)18-14-3-1-2-13(17)10-14/h1-10H,(H,18,19)/b9-6+. The first-order chi connectivity index (χ1) is 9.13. The van der Waals surface area contributed by atoms with Crippen LogP contribution in [0.3, 0.4) is 0 Å². The SMILES string of the molecule is O=C(/C=C/c1ccc(F)cc1)Nc1cccc(I)c1. The van der Waals surface area contributed by atoms with Crippen molar-refractivity contribution >= 4 is 40.3 Å². The summed E-state index contributed by atoms with van der Waals surface area (Å²) in [7, 11) is 0. The molecule has 0 aliphatic rings. The maximum Gasteiger partial charge on any atom is 0.248 e. The summed E-state index contributed by atoms with van der Waals surface area (Å²) in [4.78, 5) is 11.7. The van der Waals surface area contributed by atoms with E-state index in [0.717, 1.165) is 14.8 Å². The maximum atomic E-state index is 12.7. The fourth-order valence-corrected chi connectivity index (χ4v) is 2.04. The van der Waals surface area contributed by atoms with E-state index in [4.69, 9.17) is 0 Å². The number of nitrogens with one attached hydrogen (secondary N) is 1. The number of benzene rings is 2. The molecule has 2 aromatic rings. The molecule has 0 saturated heterocycles. The summed E-state index contributed by atoms with van der Waals surface area (Å²) >= 11 is 2.18. The molecule has 4 heteroatoms. The van der Waals surface area contributed by atoms with Gasteiger partial charge in [0.15, 0.2) is 0 Å². The molecule has 0 aliphatic carbocycles. The number of halogens is 2. The van der Waals surface area contributed by atoms with Gasteiger partial charge in [0.2, 0.25) is 5.91 Å². The Morgan fingerprint density at radius 1 is 1.16 bits per heavy atom. The van der Waals surface area contributed by atoms with Gasteiger partial charge in [-0.15, -0.1) is 0 Å². The summed E-state index contributed by atoms with van der Waals surface area (Å²) in [5.74, 6) is -0.508. The molecule has 1 amide bonds. The largest absolute Gasteiger partial charge is 0.322 e. The first-order valence-electron chi connectivity index (χ1n) is 5.64. The van der Waals surface area contributed by atoms with Crippen LogP contribution in [0.15, 0.2) is 54.6 Å². The summed E-state index contributed by atoms with van der Waals surface area (Å²) in [6.07, 6.45) is 3.07. The van der Waals surface area contributed by atoms with Gasteiger partial charge in [-0.1, -0.05) is 18.2 Å². The Hall–Kier alpha value is -1.69. The third-order valence-corrected chi connectivity index (χ3v) is 3.06. The Labute approximate surface area is 124 Å². The van der Waals surface area contributed by atoms with Crippen LogP contribution in [0.1, 0.15) is 5.56 Å². The molecule has 2 aromatic carbocycles. The van der Waals surface area contributed by atoms with Gasteiger partial charge in [-0.05, 0) is 64.6 Å². The van der Waals surface area contributed by atoms with Gasteiger partial charge in [0.1, 0.15) is 5.82 Å². The maximum absolute atomic E-state index is 12.7. The Kier molecular flexibility index (Phi) is 4.68. The smallest absolute Gasteiger partial charge is 0.248 e. The molecule has 2 rings (SSSR count). The minimum Gasteiger partial charge on any atom is -0.322 e. The van der Waals surface area contributed by atoms with Gasteiger partial charge in [0.25, 0.3) is 0 Å².